The molecule has 0 radical (unpaired) electrons. The standard InChI is InChI=1S/C17H16N2O4S/c1-11-5-8-13(9-6-11)19(18)17-15(24(21,22)23)10-7-12-3-2-4-14(20)16(12)17/h2-10,20H,18H2,1H3,(H,21,22,23). The number of nitrogens with two attached hydrogens (primary N) is 1. The third kappa shape index (κ3) is 2.80. The summed E-state index contributed by atoms with van der Waals surface area (Å²) in [6.45, 7) is 1.91. The van der Waals surface area contributed by atoms with E-state index < -0.39 is 10.1 Å². The number of phenolic OH excluding ortho intramolecular Hbond substituents is 1. The number of phenols is 1. The Bertz CT molecular complexity index is 1010. The van der Waals surface area contributed by atoms with Gasteiger partial charge in [0.25, 0.3) is 10.1 Å². The minimum absolute atomic E-state index is 0.0111. The number of anilines is 2. The second kappa shape index (κ2) is 5.79. The number of hydrogen-bond acceptors (Lipinski definition) is 5. The zero-order valence-corrected chi connectivity index (χ0v) is 13.7. The molecule has 0 amide bonds. The second-order valence-corrected chi connectivity index (χ2v) is 6.86. The van der Waals surface area contributed by atoms with Crippen LogP contribution in [0.15, 0.2) is 59.5 Å². The van der Waals surface area contributed by atoms with Crippen LogP contribution in [0.1, 0.15) is 5.56 Å². The summed E-state index contributed by atoms with van der Waals surface area (Å²) in [5.41, 5.74) is 1.54. The van der Waals surface area contributed by atoms with Gasteiger partial charge < -0.3 is 5.11 Å². The van der Waals surface area contributed by atoms with Crippen molar-refractivity contribution in [2.24, 2.45) is 5.84 Å². The van der Waals surface area contributed by atoms with Crippen molar-refractivity contribution >= 4 is 32.3 Å². The topological polar surface area (TPSA) is 104 Å². The lowest BCUT2D eigenvalue weighted by Gasteiger charge is -2.23. The van der Waals surface area contributed by atoms with Gasteiger partial charge in [0.1, 0.15) is 10.6 Å². The third-order valence-electron chi connectivity index (χ3n) is 3.79. The lowest BCUT2D eigenvalue weighted by molar-refractivity contribution is 0.481. The smallest absolute Gasteiger partial charge is 0.296 e. The van der Waals surface area contributed by atoms with Gasteiger partial charge in [0.05, 0.1) is 16.8 Å². The van der Waals surface area contributed by atoms with Gasteiger partial charge in [-0.2, -0.15) is 8.42 Å². The van der Waals surface area contributed by atoms with Crippen molar-refractivity contribution in [3.05, 3.63) is 60.2 Å². The quantitative estimate of drug-likeness (QED) is 0.383. The Morgan fingerprint density at radius 3 is 2.29 bits per heavy atom. The van der Waals surface area contributed by atoms with E-state index in [1.165, 1.54) is 18.2 Å². The van der Waals surface area contributed by atoms with Crippen molar-refractivity contribution in [3.63, 3.8) is 0 Å². The maximum Gasteiger partial charge on any atom is 0.296 e. The monoisotopic (exact) mass is 344 g/mol. The van der Waals surface area contributed by atoms with E-state index >= 15 is 0 Å². The van der Waals surface area contributed by atoms with Crippen LogP contribution >= 0.6 is 0 Å². The zero-order valence-electron chi connectivity index (χ0n) is 12.8. The molecule has 0 heterocycles. The molecule has 0 bridgehead atoms. The van der Waals surface area contributed by atoms with Crippen molar-refractivity contribution < 1.29 is 18.1 Å². The van der Waals surface area contributed by atoms with Crippen LogP contribution in [0.4, 0.5) is 11.4 Å². The first kappa shape index (κ1) is 16.3. The molecule has 0 aliphatic rings. The lowest BCUT2D eigenvalue weighted by atomic mass is 10.1. The van der Waals surface area contributed by atoms with Crippen molar-refractivity contribution in [2.75, 3.05) is 5.01 Å². The van der Waals surface area contributed by atoms with E-state index in [1.54, 1.807) is 24.3 Å². The number of aromatic hydroxyl groups is 1. The van der Waals surface area contributed by atoms with Crippen LogP contribution in [0.5, 0.6) is 5.75 Å². The molecular weight excluding hydrogens is 328 g/mol. The summed E-state index contributed by atoms with van der Waals surface area (Å²) in [6, 6.07) is 14.7. The highest BCUT2D eigenvalue weighted by Gasteiger charge is 2.23. The van der Waals surface area contributed by atoms with Gasteiger partial charge >= 0.3 is 0 Å². The highest BCUT2D eigenvalue weighted by atomic mass is 32.2. The molecule has 0 fully saturated rings. The molecule has 0 saturated carbocycles. The minimum atomic E-state index is -4.54. The average molecular weight is 344 g/mol. The molecule has 7 heteroatoms. The number of nitrogens with zero attached hydrogens (tertiary/aromatic N) is 1. The Labute approximate surface area is 139 Å². The van der Waals surface area contributed by atoms with Crippen LogP contribution in [-0.2, 0) is 10.1 Å². The van der Waals surface area contributed by atoms with E-state index in [9.17, 15) is 18.1 Å². The number of aryl methyl sites for hydroxylation is 1. The van der Waals surface area contributed by atoms with Gasteiger partial charge in [0.2, 0.25) is 0 Å². The van der Waals surface area contributed by atoms with Crippen LogP contribution in [0.3, 0.4) is 0 Å². The van der Waals surface area contributed by atoms with Gasteiger partial charge in [-0.15, -0.1) is 0 Å². The molecule has 0 aromatic heterocycles. The van der Waals surface area contributed by atoms with E-state index in [1.807, 2.05) is 19.1 Å². The van der Waals surface area contributed by atoms with E-state index in [0.717, 1.165) is 10.6 Å². The molecule has 0 unspecified atom stereocenters. The Balaban J connectivity index is 2.37. The SMILES string of the molecule is Cc1ccc(N(N)c2c(S(=O)(=O)O)ccc3cccc(O)c23)cc1. The van der Waals surface area contributed by atoms with Crippen molar-refractivity contribution in [1.29, 1.82) is 0 Å². The Kier molecular flexibility index (Phi) is 3.92. The number of rotatable bonds is 3. The number of hydrazine groups is 1. The fourth-order valence-electron chi connectivity index (χ4n) is 2.60. The van der Waals surface area contributed by atoms with Crippen molar-refractivity contribution in [2.45, 2.75) is 11.8 Å². The first-order chi connectivity index (χ1) is 11.3. The van der Waals surface area contributed by atoms with Gasteiger partial charge in [-0.25, -0.2) is 5.84 Å². The molecule has 0 spiro atoms. The van der Waals surface area contributed by atoms with Crippen LogP contribution in [0, 0.1) is 6.92 Å². The lowest BCUT2D eigenvalue weighted by Crippen LogP contribution is -2.27. The minimum Gasteiger partial charge on any atom is -0.507 e. The molecule has 6 nitrogen and oxygen atoms in total. The zero-order chi connectivity index (χ0) is 17.5. The molecule has 0 saturated heterocycles. The molecule has 3 aromatic rings. The second-order valence-electron chi connectivity index (χ2n) is 5.47. The van der Waals surface area contributed by atoms with Gasteiger partial charge in [-0.1, -0.05) is 35.9 Å². The molecular formula is C17H16N2O4S. The summed E-state index contributed by atoms with van der Waals surface area (Å²) < 4.78 is 33.1. The largest absolute Gasteiger partial charge is 0.507 e. The van der Waals surface area contributed by atoms with Crippen LogP contribution in [-0.4, -0.2) is 18.1 Å². The maximum atomic E-state index is 11.8. The number of benzene rings is 3. The predicted molar refractivity (Wildman–Crippen MR) is 92.9 cm³/mol. The Morgan fingerprint density at radius 2 is 1.67 bits per heavy atom. The predicted octanol–water partition coefficient (Wildman–Crippen LogP) is 3.11. The highest BCUT2D eigenvalue weighted by molar-refractivity contribution is 7.86. The van der Waals surface area contributed by atoms with Crippen LogP contribution < -0.4 is 10.9 Å². The third-order valence-corrected chi connectivity index (χ3v) is 4.68. The first-order valence-corrected chi connectivity index (χ1v) is 8.57. The molecule has 124 valence electrons. The first-order valence-electron chi connectivity index (χ1n) is 7.13. The van der Waals surface area contributed by atoms with E-state index in [0.29, 0.717) is 11.1 Å². The van der Waals surface area contributed by atoms with Gasteiger partial charge in [0, 0.05) is 0 Å². The Hall–Kier alpha value is -2.61. The average Bonchev–Trinajstić information content (AvgIpc) is 2.53. The molecule has 0 aliphatic heterocycles. The highest BCUT2D eigenvalue weighted by Crippen LogP contribution is 2.40. The van der Waals surface area contributed by atoms with Crippen molar-refractivity contribution in [3.8, 4) is 5.75 Å². The van der Waals surface area contributed by atoms with Gasteiger partial charge in [-0.05, 0) is 36.6 Å². The summed E-state index contributed by atoms with van der Waals surface area (Å²) in [4.78, 5) is -0.375. The fraction of sp³-hybridized carbons (Fsp3) is 0.0588. The van der Waals surface area contributed by atoms with Crippen LogP contribution in [0.25, 0.3) is 10.8 Å². The van der Waals surface area contributed by atoms with E-state index in [-0.39, 0.29) is 21.7 Å². The molecule has 24 heavy (non-hydrogen) atoms. The van der Waals surface area contributed by atoms with E-state index in [4.69, 9.17) is 5.84 Å². The fourth-order valence-corrected chi connectivity index (χ4v) is 3.29. The number of hydrogen-bond donors (Lipinski definition) is 3. The van der Waals surface area contributed by atoms with Gasteiger partial charge in [-0.3, -0.25) is 9.56 Å². The molecule has 0 atom stereocenters. The summed E-state index contributed by atoms with van der Waals surface area (Å²) in [5, 5.41) is 12.2. The normalized spacial score (nSPS) is 11.6. The number of fused-ring (bicyclic) bond motifs is 1. The molecule has 0 aliphatic carbocycles. The molecule has 3 rings (SSSR count). The summed E-state index contributed by atoms with van der Waals surface area (Å²) in [6.07, 6.45) is 0. The van der Waals surface area contributed by atoms with E-state index in [2.05, 4.69) is 0 Å². The summed E-state index contributed by atoms with van der Waals surface area (Å²) in [5.74, 6) is 6.02. The van der Waals surface area contributed by atoms with Crippen LogP contribution in [0.2, 0.25) is 0 Å². The molecule has 4 N–H and O–H groups in total. The molecule has 3 aromatic carbocycles. The van der Waals surface area contributed by atoms with Crippen molar-refractivity contribution in [1.82, 2.24) is 0 Å². The summed E-state index contributed by atoms with van der Waals surface area (Å²) in [7, 11) is -4.54. The summed E-state index contributed by atoms with van der Waals surface area (Å²) >= 11 is 0. The maximum absolute atomic E-state index is 11.8. The van der Waals surface area contributed by atoms with Gasteiger partial charge in [0.15, 0.2) is 0 Å². The Morgan fingerprint density at radius 1 is 1.00 bits per heavy atom.